The number of thioether (sulfide) groups is 1. The molecule has 0 fully saturated rings. The molecular formula is C11H14FNOS. The van der Waals surface area contributed by atoms with Gasteiger partial charge in [-0.2, -0.15) is 0 Å². The van der Waals surface area contributed by atoms with Crippen LogP contribution < -0.4 is 4.90 Å². The van der Waals surface area contributed by atoms with Gasteiger partial charge in [-0.25, -0.2) is 4.39 Å². The molecule has 0 saturated carbocycles. The first-order valence-corrected chi connectivity index (χ1v) is 5.97. The highest BCUT2D eigenvalue weighted by Gasteiger charge is 2.23. The molecule has 1 aliphatic heterocycles. The minimum atomic E-state index is -0.203. The minimum absolute atomic E-state index is 0.181. The third kappa shape index (κ3) is 2.11. The van der Waals surface area contributed by atoms with Crippen LogP contribution in [0.3, 0.4) is 0 Å². The number of benzene rings is 1. The van der Waals surface area contributed by atoms with Gasteiger partial charge in [-0.05, 0) is 24.6 Å². The first-order chi connectivity index (χ1) is 7.22. The molecule has 1 aromatic carbocycles. The lowest BCUT2D eigenvalue weighted by Crippen LogP contribution is -2.37. The van der Waals surface area contributed by atoms with Crippen molar-refractivity contribution in [3.05, 3.63) is 24.0 Å². The largest absolute Gasteiger partial charge is 0.396 e. The topological polar surface area (TPSA) is 23.5 Å². The van der Waals surface area contributed by atoms with Gasteiger partial charge in [-0.15, -0.1) is 11.8 Å². The molecule has 1 heterocycles. The van der Waals surface area contributed by atoms with Gasteiger partial charge >= 0.3 is 0 Å². The SMILES string of the molecule is CN1c2cc(F)ccc2SCC1CCO. The number of rotatable bonds is 2. The molecule has 1 N–H and O–H groups in total. The van der Waals surface area contributed by atoms with Crippen molar-refractivity contribution in [3.8, 4) is 0 Å². The summed E-state index contributed by atoms with van der Waals surface area (Å²) in [6, 6.07) is 5.17. The molecule has 0 saturated heterocycles. The molecule has 2 rings (SSSR count). The third-order valence-corrected chi connectivity index (χ3v) is 3.95. The quantitative estimate of drug-likeness (QED) is 0.837. The van der Waals surface area contributed by atoms with E-state index >= 15 is 0 Å². The lowest BCUT2D eigenvalue weighted by Gasteiger charge is -2.35. The summed E-state index contributed by atoms with van der Waals surface area (Å²) in [7, 11) is 1.96. The molecule has 0 amide bonds. The van der Waals surface area contributed by atoms with Crippen LogP contribution in [0, 0.1) is 5.82 Å². The second kappa shape index (κ2) is 4.41. The van der Waals surface area contributed by atoms with E-state index in [-0.39, 0.29) is 12.4 Å². The second-order valence-corrected chi connectivity index (χ2v) is 4.76. The lowest BCUT2D eigenvalue weighted by molar-refractivity contribution is 0.278. The molecule has 2 nitrogen and oxygen atoms in total. The summed E-state index contributed by atoms with van der Waals surface area (Å²) in [5.41, 5.74) is 0.935. The average Bonchev–Trinajstić information content (AvgIpc) is 2.23. The molecule has 1 atom stereocenters. The zero-order valence-electron chi connectivity index (χ0n) is 8.61. The van der Waals surface area contributed by atoms with Crippen LogP contribution in [0.4, 0.5) is 10.1 Å². The molecule has 0 bridgehead atoms. The molecule has 0 spiro atoms. The Morgan fingerprint density at radius 2 is 2.40 bits per heavy atom. The zero-order valence-corrected chi connectivity index (χ0v) is 9.43. The Balaban J connectivity index is 2.28. The Labute approximate surface area is 93.1 Å². The van der Waals surface area contributed by atoms with Gasteiger partial charge in [0.2, 0.25) is 0 Å². The summed E-state index contributed by atoms with van der Waals surface area (Å²) >= 11 is 1.73. The summed E-state index contributed by atoms with van der Waals surface area (Å²) in [5.74, 6) is 0.751. The van der Waals surface area contributed by atoms with Crippen molar-refractivity contribution in [1.29, 1.82) is 0 Å². The fourth-order valence-electron chi connectivity index (χ4n) is 1.81. The van der Waals surface area contributed by atoms with Gasteiger partial charge in [0.15, 0.2) is 0 Å². The highest BCUT2D eigenvalue weighted by Crippen LogP contribution is 2.37. The zero-order chi connectivity index (χ0) is 10.8. The lowest BCUT2D eigenvalue weighted by atomic mass is 10.2. The first-order valence-electron chi connectivity index (χ1n) is 4.98. The number of hydrogen-bond acceptors (Lipinski definition) is 3. The molecule has 0 radical (unpaired) electrons. The van der Waals surface area contributed by atoms with Crippen molar-refractivity contribution in [1.82, 2.24) is 0 Å². The van der Waals surface area contributed by atoms with Crippen molar-refractivity contribution >= 4 is 17.4 Å². The van der Waals surface area contributed by atoms with E-state index in [1.54, 1.807) is 17.8 Å². The molecular weight excluding hydrogens is 213 g/mol. The van der Waals surface area contributed by atoms with Gasteiger partial charge in [0, 0.05) is 30.3 Å². The van der Waals surface area contributed by atoms with Gasteiger partial charge in [0.25, 0.3) is 0 Å². The fourth-order valence-corrected chi connectivity index (χ4v) is 3.09. The minimum Gasteiger partial charge on any atom is -0.396 e. The van der Waals surface area contributed by atoms with E-state index in [0.717, 1.165) is 22.8 Å². The van der Waals surface area contributed by atoms with Crippen LogP contribution in [-0.2, 0) is 0 Å². The second-order valence-electron chi connectivity index (χ2n) is 3.70. The van der Waals surface area contributed by atoms with E-state index in [9.17, 15) is 4.39 Å². The van der Waals surface area contributed by atoms with E-state index in [4.69, 9.17) is 5.11 Å². The smallest absolute Gasteiger partial charge is 0.125 e. The van der Waals surface area contributed by atoms with Gasteiger partial charge in [-0.1, -0.05) is 0 Å². The maximum Gasteiger partial charge on any atom is 0.125 e. The van der Waals surface area contributed by atoms with Crippen LogP contribution in [0.1, 0.15) is 6.42 Å². The van der Waals surface area contributed by atoms with Gasteiger partial charge < -0.3 is 10.0 Å². The van der Waals surface area contributed by atoms with E-state index in [1.807, 2.05) is 13.1 Å². The first kappa shape index (κ1) is 10.8. The van der Waals surface area contributed by atoms with E-state index in [1.165, 1.54) is 6.07 Å². The van der Waals surface area contributed by atoms with E-state index in [2.05, 4.69) is 4.90 Å². The van der Waals surface area contributed by atoms with Crippen LogP contribution in [-0.4, -0.2) is 30.6 Å². The van der Waals surface area contributed by atoms with Crippen LogP contribution in [0.2, 0.25) is 0 Å². The van der Waals surface area contributed by atoms with Crippen molar-refractivity contribution < 1.29 is 9.50 Å². The predicted octanol–water partition coefficient (Wildman–Crippen LogP) is 2.12. The number of fused-ring (bicyclic) bond motifs is 1. The molecule has 82 valence electrons. The number of aliphatic hydroxyl groups excluding tert-OH is 1. The molecule has 15 heavy (non-hydrogen) atoms. The number of halogens is 1. The van der Waals surface area contributed by atoms with Crippen molar-refractivity contribution in [2.75, 3.05) is 24.3 Å². The van der Waals surface area contributed by atoms with Crippen molar-refractivity contribution in [2.45, 2.75) is 17.4 Å². The standard InChI is InChI=1S/C11H14FNOS/c1-13-9(4-5-14)7-15-11-3-2-8(12)6-10(11)13/h2-3,6,9,14H,4-5,7H2,1H3. The highest BCUT2D eigenvalue weighted by molar-refractivity contribution is 7.99. The maximum absolute atomic E-state index is 13.1. The highest BCUT2D eigenvalue weighted by atomic mass is 32.2. The Bertz CT molecular complexity index is 358. The summed E-state index contributed by atoms with van der Waals surface area (Å²) in [4.78, 5) is 3.18. The van der Waals surface area contributed by atoms with Gasteiger partial charge in [0.1, 0.15) is 5.82 Å². The molecule has 0 aromatic heterocycles. The Morgan fingerprint density at radius 1 is 1.60 bits per heavy atom. The molecule has 1 unspecified atom stereocenters. The van der Waals surface area contributed by atoms with Crippen molar-refractivity contribution in [3.63, 3.8) is 0 Å². The van der Waals surface area contributed by atoms with E-state index in [0.29, 0.717) is 6.04 Å². The molecule has 1 aromatic rings. The number of aliphatic hydroxyl groups is 1. The van der Waals surface area contributed by atoms with Gasteiger partial charge in [0.05, 0.1) is 5.69 Å². The van der Waals surface area contributed by atoms with Gasteiger partial charge in [-0.3, -0.25) is 0 Å². The Kier molecular flexibility index (Phi) is 3.17. The summed E-state index contributed by atoms with van der Waals surface area (Å²) < 4.78 is 13.1. The van der Waals surface area contributed by atoms with Crippen LogP contribution in [0.5, 0.6) is 0 Å². The monoisotopic (exact) mass is 227 g/mol. The summed E-state index contributed by atoms with van der Waals surface area (Å²) in [5, 5.41) is 8.93. The number of nitrogens with zero attached hydrogens (tertiary/aromatic N) is 1. The van der Waals surface area contributed by atoms with Crippen LogP contribution in [0.15, 0.2) is 23.1 Å². The third-order valence-electron chi connectivity index (χ3n) is 2.74. The Hall–Kier alpha value is -0.740. The molecule has 0 aliphatic carbocycles. The maximum atomic E-state index is 13.1. The summed E-state index contributed by atoms with van der Waals surface area (Å²) in [6.45, 7) is 0.181. The molecule has 1 aliphatic rings. The average molecular weight is 227 g/mol. The van der Waals surface area contributed by atoms with Crippen LogP contribution in [0.25, 0.3) is 0 Å². The number of anilines is 1. The van der Waals surface area contributed by atoms with Crippen LogP contribution >= 0.6 is 11.8 Å². The predicted molar refractivity (Wildman–Crippen MR) is 61.0 cm³/mol. The fraction of sp³-hybridized carbons (Fsp3) is 0.455. The number of hydrogen-bond donors (Lipinski definition) is 1. The molecule has 4 heteroatoms. The van der Waals surface area contributed by atoms with E-state index < -0.39 is 0 Å². The normalized spacial score (nSPS) is 20.2. The Morgan fingerprint density at radius 3 is 3.13 bits per heavy atom. The van der Waals surface area contributed by atoms with Crippen molar-refractivity contribution in [2.24, 2.45) is 0 Å². The summed E-state index contributed by atoms with van der Waals surface area (Å²) in [6.07, 6.45) is 0.736.